The van der Waals surface area contributed by atoms with Crippen LogP contribution in [0.15, 0.2) is 23.5 Å². The number of nitrogens with one attached hydrogen (secondary N) is 1. The number of ether oxygens (including phenoxy) is 1. The second kappa shape index (κ2) is 9.76. The van der Waals surface area contributed by atoms with Crippen molar-refractivity contribution in [3.63, 3.8) is 0 Å². The van der Waals surface area contributed by atoms with Gasteiger partial charge in [0, 0.05) is 44.9 Å². The summed E-state index contributed by atoms with van der Waals surface area (Å²) in [4.78, 5) is 3.74. The van der Waals surface area contributed by atoms with E-state index in [1.54, 1.807) is 18.0 Å². The fraction of sp³-hybridized carbons (Fsp3) is 0.444. The van der Waals surface area contributed by atoms with Gasteiger partial charge in [-0.3, -0.25) is 4.90 Å². The van der Waals surface area contributed by atoms with E-state index in [0.29, 0.717) is 44.1 Å². The van der Waals surface area contributed by atoms with Crippen molar-refractivity contribution >= 4 is 28.8 Å². The molecule has 12 heteroatoms. The summed E-state index contributed by atoms with van der Waals surface area (Å²) in [5.41, 5.74) is 1.31. The standard InChI is InChI=1S/C18H23F2N7O2S/c1-12(23-28)10-25-3-5-26(6-4-25)17-15(19)7-14(8-16(17)20)27-11-13(22-24-27)9-21-18(30)29-2/h7-8,11,28H,3-6,9-10H2,1-2H3,(H,21,30)/b23-12+. The zero-order chi connectivity index (χ0) is 21.7. The van der Waals surface area contributed by atoms with E-state index in [1.165, 1.54) is 23.9 Å². The highest BCUT2D eigenvalue weighted by atomic mass is 32.1. The number of rotatable bonds is 6. The van der Waals surface area contributed by atoms with E-state index in [0.717, 1.165) is 0 Å². The molecule has 0 amide bonds. The summed E-state index contributed by atoms with van der Waals surface area (Å²) < 4.78 is 35.7. The first-order chi connectivity index (χ1) is 14.4. The molecule has 2 aromatic rings. The van der Waals surface area contributed by atoms with Crippen LogP contribution in [-0.2, 0) is 11.3 Å². The van der Waals surface area contributed by atoms with E-state index < -0.39 is 11.6 Å². The van der Waals surface area contributed by atoms with Crippen LogP contribution in [0, 0.1) is 11.6 Å². The number of anilines is 1. The van der Waals surface area contributed by atoms with Gasteiger partial charge in [0.25, 0.3) is 5.17 Å². The van der Waals surface area contributed by atoms with Gasteiger partial charge >= 0.3 is 0 Å². The first-order valence-corrected chi connectivity index (χ1v) is 9.69. The second-order valence-electron chi connectivity index (χ2n) is 6.86. The van der Waals surface area contributed by atoms with Crippen LogP contribution >= 0.6 is 12.2 Å². The highest BCUT2D eigenvalue weighted by Gasteiger charge is 2.24. The van der Waals surface area contributed by atoms with Crippen LogP contribution in [0.25, 0.3) is 5.69 Å². The number of thiocarbonyl (C=S) groups is 1. The maximum atomic E-state index is 14.8. The fourth-order valence-corrected chi connectivity index (χ4v) is 3.28. The normalized spacial score (nSPS) is 15.3. The molecule has 162 valence electrons. The van der Waals surface area contributed by atoms with Crippen molar-refractivity contribution in [2.75, 3.05) is 44.7 Å². The van der Waals surface area contributed by atoms with E-state index >= 15 is 0 Å². The van der Waals surface area contributed by atoms with Gasteiger partial charge in [0.05, 0.1) is 31.3 Å². The Bertz CT molecular complexity index is 906. The minimum absolute atomic E-state index is 0.0570. The molecule has 2 heterocycles. The number of halogens is 2. The molecular formula is C18H23F2N7O2S. The number of benzene rings is 1. The SMILES string of the molecule is COC(=S)NCc1cn(-c2cc(F)c(N3CCN(C/C(C)=N/O)CC3)c(F)c2)nn1. The number of nitrogens with zero attached hydrogens (tertiary/aromatic N) is 6. The Morgan fingerprint density at radius 3 is 2.53 bits per heavy atom. The Hall–Kier alpha value is -2.86. The van der Waals surface area contributed by atoms with Crippen LogP contribution in [0.3, 0.4) is 0 Å². The quantitative estimate of drug-likeness (QED) is 0.303. The van der Waals surface area contributed by atoms with E-state index in [9.17, 15) is 8.78 Å². The van der Waals surface area contributed by atoms with Crippen LogP contribution in [0.4, 0.5) is 14.5 Å². The van der Waals surface area contributed by atoms with Crippen molar-refractivity contribution in [1.29, 1.82) is 0 Å². The molecule has 0 saturated carbocycles. The van der Waals surface area contributed by atoms with Gasteiger partial charge in [-0.05, 0) is 19.1 Å². The van der Waals surface area contributed by atoms with Gasteiger partial charge in [-0.1, -0.05) is 10.4 Å². The molecule has 1 aliphatic rings. The number of piperazine rings is 1. The van der Waals surface area contributed by atoms with Crippen molar-refractivity contribution in [1.82, 2.24) is 25.2 Å². The average molecular weight is 439 g/mol. The lowest BCUT2D eigenvalue weighted by atomic mass is 10.2. The zero-order valence-corrected chi connectivity index (χ0v) is 17.5. The Balaban J connectivity index is 1.69. The molecule has 1 saturated heterocycles. The van der Waals surface area contributed by atoms with Gasteiger partial charge < -0.3 is 20.2 Å². The maximum Gasteiger partial charge on any atom is 0.256 e. The number of oxime groups is 1. The highest BCUT2D eigenvalue weighted by molar-refractivity contribution is 7.80. The molecule has 9 nitrogen and oxygen atoms in total. The summed E-state index contributed by atoms with van der Waals surface area (Å²) in [5, 5.41) is 22.9. The van der Waals surface area contributed by atoms with Crippen LogP contribution in [-0.4, -0.2) is 75.8 Å². The average Bonchev–Trinajstić information content (AvgIpc) is 3.21. The molecule has 0 radical (unpaired) electrons. The molecule has 2 N–H and O–H groups in total. The molecule has 0 atom stereocenters. The third-order valence-corrected chi connectivity index (χ3v) is 5.03. The molecule has 1 aromatic heterocycles. The molecule has 1 aliphatic heterocycles. The van der Waals surface area contributed by atoms with Crippen molar-refractivity contribution < 1.29 is 18.7 Å². The number of methoxy groups -OCH3 is 1. The molecule has 0 aliphatic carbocycles. The summed E-state index contributed by atoms with van der Waals surface area (Å²) in [6.07, 6.45) is 1.56. The lowest BCUT2D eigenvalue weighted by Crippen LogP contribution is -2.48. The third kappa shape index (κ3) is 5.19. The Kier molecular flexibility index (Phi) is 7.11. The third-order valence-electron chi connectivity index (χ3n) is 4.72. The lowest BCUT2D eigenvalue weighted by Gasteiger charge is -2.36. The summed E-state index contributed by atoms with van der Waals surface area (Å²) >= 11 is 4.89. The zero-order valence-electron chi connectivity index (χ0n) is 16.7. The van der Waals surface area contributed by atoms with Crippen molar-refractivity contribution in [2.45, 2.75) is 13.5 Å². The van der Waals surface area contributed by atoms with Gasteiger partial charge in [0.2, 0.25) is 0 Å². The molecule has 3 rings (SSSR count). The molecule has 0 bridgehead atoms. The van der Waals surface area contributed by atoms with E-state index in [1.807, 2.05) is 0 Å². The van der Waals surface area contributed by atoms with Crippen LogP contribution in [0.1, 0.15) is 12.6 Å². The summed E-state index contributed by atoms with van der Waals surface area (Å²) in [6.45, 7) is 4.66. The summed E-state index contributed by atoms with van der Waals surface area (Å²) in [6, 6.07) is 2.47. The van der Waals surface area contributed by atoms with Crippen LogP contribution in [0.2, 0.25) is 0 Å². The van der Waals surface area contributed by atoms with Crippen molar-refractivity contribution in [3.05, 3.63) is 35.7 Å². The van der Waals surface area contributed by atoms with Crippen LogP contribution < -0.4 is 10.2 Å². The molecule has 1 aromatic carbocycles. The van der Waals surface area contributed by atoms with Crippen LogP contribution in [0.5, 0.6) is 0 Å². The summed E-state index contributed by atoms with van der Waals surface area (Å²) in [7, 11) is 1.45. The highest BCUT2D eigenvalue weighted by Crippen LogP contribution is 2.27. The Morgan fingerprint density at radius 1 is 1.27 bits per heavy atom. The first kappa shape index (κ1) is 21.8. The minimum atomic E-state index is -0.665. The van der Waals surface area contributed by atoms with Gasteiger partial charge in [0.15, 0.2) is 11.6 Å². The maximum absolute atomic E-state index is 14.8. The predicted octanol–water partition coefficient (Wildman–Crippen LogP) is 1.54. The molecular weight excluding hydrogens is 416 g/mol. The van der Waals surface area contributed by atoms with Gasteiger partial charge in [-0.2, -0.15) is 0 Å². The van der Waals surface area contributed by atoms with E-state index in [-0.39, 0.29) is 23.1 Å². The Morgan fingerprint density at radius 2 is 1.93 bits per heavy atom. The number of aromatic nitrogens is 3. The Labute approximate surface area is 177 Å². The van der Waals surface area contributed by atoms with Gasteiger partial charge in [0.1, 0.15) is 11.4 Å². The second-order valence-corrected chi connectivity index (χ2v) is 7.23. The molecule has 0 unspecified atom stereocenters. The topological polar surface area (TPSA) is 91.0 Å². The molecule has 0 spiro atoms. The molecule has 1 fully saturated rings. The largest absolute Gasteiger partial charge is 0.474 e. The minimum Gasteiger partial charge on any atom is -0.474 e. The van der Waals surface area contributed by atoms with E-state index in [2.05, 4.69) is 25.7 Å². The summed E-state index contributed by atoms with van der Waals surface area (Å²) in [5.74, 6) is -1.33. The van der Waals surface area contributed by atoms with Gasteiger partial charge in [-0.15, -0.1) is 5.10 Å². The smallest absolute Gasteiger partial charge is 0.256 e. The van der Waals surface area contributed by atoms with Crippen molar-refractivity contribution in [2.24, 2.45) is 5.16 Å². The number of hydrogen-bond donors (Lipinski definition) is 2. The monoisotopic (exact) mass is 439 g/mol. The lowest BCUT2D eigenvalue weighted by molar-refractivity contribution is 0.278. The van der Waals surface area contributed by atoms with Crippen molar-refractivity contribution in [3.8, 4) is 5.69 Å². The number of hydrogen-bond acceptors (Lipinski definition) is 8. The van der Waals surface area contributed by atoms with Gasteiger partial charge in [-0.25, -0.2) is 13.5 Å². The fourth-order valence-electron chi connectivity index (χ4n) is 3.21. The van der Waals surface area contributed by atoms with E-state index in [4.69, 9.17) is 22.2 Å². The molecule has 30 heavy (non-hydrogen) atoms. The predicted molar refractivity (Wildman–Crippen MR) is 111 cm³/mol. The first-order valence-electron chi connectivity index (χ1n) is 9.28.